The van der Waals surface area contributed by atoms with Crippen LogP contribution in [0.25, 0.3) is 11.5 Å². The molecule has 2 heterocycles. The van der Waals surface area contributed by atoms with Crippen LogP contribution in [0.3, 0.4) is 0 Å². The molecule has 2 aromatic rings. The first-order chi connectivity index (χ1) is 13.7. The summed E-state index contributed by atoms with van der Waals surface area (Å²) in [6.45, 7) is 8.64. The Hall–Kier alpha value is -1.61. The summed E-state index contributed by atoms with van der Waals surface area (Å²) in [6.07, 6.45) is 6.12. The van der Waals surface area contributed by atoms with Crippen LogP contribution in [0.1, 0.15) is 37.4 Å². The summed E-state index contributed by atoms with van der Waals surface area (Å²) in [4.78, 5) is 11.5. The molecule has 0 bridgehead atoms. The van der Waals surface area contributed by atoms with Crippen LogP contribution in [0.5, 0.6) is 0 Å². The van der Waals surface area contributed by atoms with Gasteiger partial charge in [0.15, 0.2) is 5.96 Å². The zero-order valence-electron chi connectivity index (χ0n) is 17.8. The number of aryl methyl sites for hydroxylation is 1. The van der Waals surface area contributed by atoms with E-state index in [1.165, 1.54) is 44.5 Å². The van der Waals surface area contributed by atoms with Crippen molar-refractivity contribution in [2.45, 2.75) is 45.6 Å². The molecular weight excluding hydrogens is 477 g/mol. The van der Waals surface area contributed by atoms with Gasteiger partial charge in [0.25, 0.3) is 0 Å². The highest BCUT2D eigenvalue weighted by atomic mass is 127. The number of hydrogen-bond donors (Lipinski definition) is 2. The molecule has 0 aliphatic carbocycles. The highest BCUT2D eigenvalue weighted by Crippen LogP contribution is 2.19. The first kappa shape index (κ1) is 23.7. The number of benzene rings is 1. The predicted molar refractivity (Wildman–Crippen MR) is 130 cm³/mol. The molecular formula is C22H34IN5O. The van der Waals surface area contributed by atoms with E-state index >= 15 is 0 Å². The van der Waals surface area contributed by atoms with Crippen molar-refractivity contribution in [1.29, 1.82) is 0 Å². The molecule has 1 aliphatic rings. The summed E-state index contributed by atoms with van der Waals surface area (Å²) < 4.78 is 5.64. The van der Waals surface area contributed by atoms with Crippen molar-refractivity contribution < 1.29 is 4.42 Å². The lowest BCUT2D eigenvalue weighted by Crippen LogP contribution is -2.49. The summed E-state index contributed by atoms with van der Waals surface area (Å²) >= 11 is 0. The number of nitrogens with zero attached hydrogens (tertiary/aromatic N) is 3. The van der Waals surface area contributed by atoms with Gasteiger partial charge in [-0.25, -0.2) is 4.98 Å². The van der Waals surface area contributed by atoms with Gasteiger partial charge in [0, 0.05) is 44.7 Å². The fourth-order valence-electron chi connectivity index (χ4n) is 3.56. The van der Waals surface area contributed by atoms with Gasteiger partial charge in [-0.05, 0) is 44.9 Å². The maximum absolute atomic E-state index is 5.64. The van der Waals surface area contributed by atoms with Gasteiger partial charge in [0.2, 0.25) is 5.89 Å². The van der Waals surface area contributed by atoms with Crippen LogP contribution in [0, 0.1) is 6.92 Å². The Balaban J connectivity index is 0.00000300. The molecule has 6 nitrogen and oxygen atoms in total. The van der Waals surface area contributed by atoms with Gasteiger partial charge in [-0.1, -0.05) is 24.6 Å². The molecule has 3 rings (SSSR count). The highest BCUT2D eigenvalue weighted by molar-refractivity contribution is 14.0. The van der Waals surface area contributed by atoms with Gasteiger partial charge in [-0.2, -0.15) is 0 Å². The first-order valence-electron chi connectivity index (χ1n) is 10.4. The number of likely N-dealkylation sites (tertiary alicyclic amines) is 1. The third-order valence-corrected chi connectivity index (χ3v) is 5.22. The lowest BCUT2D eigenvalue weighted by molar-refractivity contribution is 0.206. The number of hydrogen-bond acceptors (Lipinski definition) is 4. The molecule has 1 aliphatic heterocycles. The van der Waals surface area contributed by atoms with E-state index in [2.05, 4.69) is 51.5 Å². The van der Waals surface area contributed by atoms with Crippen molar-refractivity contribution in [3.05, 3.63) is 41.8 Å². The summed E-state index contributed by atoms with van der Waals surface area (Å²) in [7, 11) is 1.83. The van der Waals surface area contributed by atoms with Crippen LogP contribution in [-0.2, 0) is 6.42 Å². The van der Waals surface area contributed by atoms with Gasteiger partial charge in [0.1, 0.15) is 6.26 Å². The van der Waals surface area contributed by atoms with Gasteiger partial charge in [-0.15, -0.1) is 24.0 Å². The Morgan fingerprint density at radius 2 is 1.97 bits per heavy atom. The normalized spacial score (nSPS) is 15.8. The predicted octanol–water partition coefficient (Wildman–Crippen LogP) is 3.85. The molecule has 0 radical (unpaired) electrons. The van der Waals surface area contributed by atoms with Crippen molar-refractivity contribution in [3.8, 4) is 11.5 Å². The average molecular weight is 511 g/mol. The van der Waals surface area contributed by atoms with E-state index in [4.69, 9.17) is 4.42 Å². The number of aromatic nitrogens is 1. The van der Waals surface area contributed by atoms with E-state index < -0.39 is 0 Å². The molecule has 2 N–H and O–H groups in total. The largest absolute Gasteiger partial charge is 0.444 e. The monoisotopic (exact) mass is 511 g/mol. The van der Waals surface area contributed by atoms with Crippen molar-refractivity contribution in [2.24, 2.45) is 4.99 Å². The molecule has 1 fully saturated rings. The molecule has 0 atom stereocenters. The molecule has 1 aromatic heterocycles. The van der Waals surface area contributed by atoms with E-state index in [0.717, 1.165) is 30.2 Å². The van der Waals surface area contributed by atoms with Crippen molar-refractivity contribution >= 4 is 29.9 Å². The lowest BCUT2D eigenvalue weighted by Gasteiger charge is -2.32. The van der Waals surface area contributed by atoms with E-state index in [1.54, 1.807) is 6.26 Å². The highest BCUT2D eigenvalue weighted by Gasteiger charge is 2.19. The topological polar surface area (TPSA) is 65.7 Å². The Labute approximate surface area is 191 Å². The minimum Gasteiger partial charge on any atom is -0.444 e. The second kappa shape index (κ2) is 12.2. The molecule has 0 amide bonds. The van der Waals surface area contributed by atoms with Crippen LogP contribution in [0.4, 0.5) is 0 Å². The fourth-order valence-corrected chi connectivity index (χ4v) is 3.56. The number of rotatable bonds is 7. The number of piperidine rings is 1. The quantitative estimate of drug-likeness (QED) is 0.336. The number of aliphatic imine (C=N–C) groups is 1. The van der Waals surface area contributed by atoms with Crippen LogP contribution in [0.15, 0.2) is 39.9 Å². The second-order valence-corrected chi connectivity index (χ2v) is 7.52. The van der Waals surface area contributed by atoms with Crippen LogP contribution >= 0.6 is 24.0 Å². The number of nitrogens with one attached hydrogen (secondary N) is 2. The third-order valence-electron chi connectivity index (χ3n) is 5.22. The van der Waals surface area contributed by atoms with Gasteiger partial charge in [-0.3, -0.25) is 4.99 Å². The summed E-state index contributed by atoms with van der Waals surface area (Å²) in [5.74, 6) is 1.55. The van der Waals surface area contributed by atoms with Crippen LogP contribution < -0.4 is 10.6 Å². The smallest absolute Gasteiger partial charge is 0.226 e. The minimum atomic E-state index is 0. The van der Waals surface area contributed by atoms with Gasteiger partial charge in [0.05, 0.1) is 5.69 Å². The van der Waals surface area contributed by atoms with E-state index in [0.29, 0.717) is 11.9 Å². The zero-order chi connectivity index (χ0) is 19.8. The zero-order valence-corrected chi connectivity index (χ0v) is 20.1. The second-order valence-electron chi connectivity index (χ2n) is 7.52. The van der Waals surface area contributed by atoms with Crippen molar-refractivity contribution in [3.63, 3.8) is 0 Å². The Morgan fingerprint density at radius 1 is 1.24 bits per heavy atom. The third kappa shape index (κ3) is 7.29. The Morgan fingerprint density at radius 3 is 2.62 bits per heavy atom. The van der Waals surface area contributed by atoms with Crippen molar-refractivity contribution in [1.82, 2.24) is 20.5 Å². The van der Waals surface area contributed by atoms with Gasteiger partial charge < -0.3 is 20.0 Å². The Bertz CT molecular complexity index is 751. The fraction of sp³-hybridized carbons (Fsp3) is 0.545. The molecule has 1 aromatic carbocycles. The number of halogens is 1. The van der Waals surface area contributed by atoms with Crippen LogP contribution in [-0.4, -0.2) is 55.1 Å². The first-order valence-corrected chi connectivity index (χ1v) is 10.4. The minimum absolute atomic E-state index is 0. The van der Waals surface area contributed by atoms with E-state index in [9.17, 15) is 0 Å². The molecule has 0 unspecified atom stereocenters. The lowest BCUT2D eigenvalue weighted by atomic mass is 10.1. The summed E-state index contributed by atoms with van der Waals surface area (Å²) in [5.41, 5.74) is 3.19. The van der Waals surface area contributed by atoms with E-state index in [-0.39, 0.29) is 24.0 Å². The molecule has 1 saturated heterocycles. The summed E-state index contributed by atoms with van der Waals surface area (Å²) in [6, 6.07) is 8.73. The molecule has 7 heteroatoms. The maximum atomic E-state index is 5.64. The maximum Gasteiger partial charge on any atom is 0.226 e. The number of oxazole rings is 1. The van der Waals surface area contributed by atoms with Gasteiger partial charge >= 0.3 is 0 Å². The van der Waals surface area contributed by atoms with Crippen molar-refractivity contribution in [2.75, 3.05) is 33.2 Å². The SMILES string of the molecule is CCCN1CCC(NC(=NC)NCCc2coc(-c3ccc(C)cc3)n2)CC1.I. The summed E-state index contributed by atoms with van der Waals surface area (Å²) in [5, 5.41) is 6.96. The molecule has 0 spiro atoms. The molecule has 0 saturated carbocycles. The number of guanidine groups is 1. The standard InChI is InChI=1S/C22H33N5O.HI/c1-4-13-27-14-10-19(11-15-27)26-22(23-3)24-12-9-20-16-28-21(25-20)18-7-5-17(2)6-8-18;/h5-8,16,19H,4,9-15H2,1-3H3,(H2,23,24,26);1H. The van der Waals surface area contributed by atoms with Crippen LogP contribution in [0.2, 0.25) is 0 Å². The average Bonchev–Trinajstić information content (AvgIpc) is 3.18. The van der Waals surface area contributed by atoms with E-state index in [1.807, 2.05) is 19.2 Å². The Kier molecular flexibility index (Phi) is 9.93. The molecule has 160 valence electrons. The molecule has 29 heavy (non-hydrogen) atoms.